The maximum absolute atomic E-state index is 13.0. The summed E-state index contributed by atoms with van der Waals surface area (Å²) in [6, 6.07) is 5.56. The second-order valence-electron chi connectivity index (χ2n) is 8.22. The maximum atomic E-state index is 13.0. The van der Waals surface area contributed by atoms with Gasteiger partial charge in [0.2, 0.25) is 0 Å². The SMILES string of the molecule is COC[C@@H]1CN(C)CC12CCN(C(=O)c1ccc3c(c1)OCCCO3)CC2. The summed E-state index contributed by atoms with van der Waals surface area (Å²) in [5.74, 6) is 2.07. The molecule has 3 aliphatic heterocycles. The number of methoxy groups -OCH3 is 1. The van der Waals surface area contributed by atoms with Crippen LogP contribution in [0.15, 0.2) is 18.2 Å². The van der Waals surface area contributed by atoms with Crippen LogP contribution in [0.1, 0.15) is 29.6 Å². The molecule has 0 aliphatic carbocycles. The van der Waals surface area contributed by atoms with Gasteiger partial charge in [0.05, 0.1) is 19.8 Å². The number of carbonyl (C=O) groups is 1. The molecule has 1 spiro atoms. The second kappa shape index (κ2) is 7.68. The number of nitrogens with zero attached hydrogens (tertiary/aromatic N) is 2. The van der Waals surface area contributed by atoms with Crippen LogP contribution in [0.3, 0.4) is 0 Å². The fraction of sp³-hybridized carbons (Fsp3) is 0.667. The molecule has 148 valence electrons. The lowest BCUT2D eigenvalue weighted by atomic mass is 9.71. The zero-order valence-corrected chi connectivity index (χ0v) is 16.4. The van der Waals surface area contributed by atoms with Gasteiger partial charge in [0.15, 0.2) is 11.5 Å². The lowest BCUT2D eigenvalue weighted by Gasteiger charge is -2.42. The van der Waals surface area contributed by atoms with E-state index < -0.39 is 0 Å². The minimum Gasteiger partial charge on any atom is -0.490 e. The summed E-state index contributed by atoms with van der Waals surface area (Å²) in [6.45, 7) is 5.90. The molecule has 1 aromatic rings. The third-order valence-electron chi connectivity index (χ3n) is 6.39. The number of hydrogen-bond donors (Lipinski definition) is 0. The van der Waals surface area contributed by atoms with Crippen LogP contribution in [-0.4, -0.2) is 75.9 Å². The van der Waals surface area contributed by atoms with Gasteiger partial charge in [-0.2, -0.15) is 0 Å². The average Bonchev–Trinajstić information content (AvgIpc) is 2.85. The summed E-state index contributed by atoms with van der Waals surface area (Å²) in [5.41, 5.74) is 0.971. The molecule has 2 fully saturated rings. The summed E-state index contributed by atoms with van der Waals surface area (Å²) >= 11 is 0. The molecular weight excluding hydrogens is 344 g/mol. The van der Waals surface area contributed by atoms with Gasteiger partial charge in [-0.05, 0) is 43.5 Å². The van der Waals surface area contributed by atoms with E-state index in [2.05, 4.69) is 11.9 Å². The van der Waals surface area contributed by atoms with Crippen molar-refractivity contribution < 1.29 is 19.0 Å². The molecule has 0 radical (unpaired) electrons. The summed E-state index contributed by atoms with van der Waals surface area (Å²) in [4.78, 5) is 17.4. The Hall–Kier alpha value is -1.79. The minimum atomic E-state index is 0.0927. The maximum Gasteiger partial charge on any atom is 0.253 e. The monoisotopic (exact) mass is 374 g/mol. The van der Waals surface area contributed by atoms with Crippen molar-refractivity contribution in [1.29, 1.82) is 0 Å². The predicted molar refractivity (Wildman–Crippen MR) is 102 cm³/mol. The van der Waals surface area contributed by atoms with Crippen LogP contribution in [0.2, 0.25) is 0 Å². The highest BCUT2D eigenvalue weighted by molar-refractivity contribution is 5.95. The molecule has 1 amide bonds. The van der Waals surface area contributed by atoms with Crippen molar-refractivity contribution in [2.45, 2.75) is 19.3 Å². The van der Waals surface area contributed by atoms with Gasteiger partial charge in [-0.15, -0.1) is 0 Å². The Morgan fingerprint density at radius 1 is 1.22 bits per heavy atom. The van der Waals surface area contributed by atoms with E-state index >= 15 is 0 Å². The van der Waals surface area contributed by atoms with Gasteiger partial charge in [-0.3, -0.25) is 4.79 Å². The highest BCUT2D eigenvalue weighted by Crippen LogP contribution is 2.44. The summed E-state index contributed by atoms with van der Waals surface area (Å²) in [7, 11) is 3.97. The van der Waals surface area contributed by atoms with E-state index in [1.807, 2.05) is 23.1 Å². The van der Waals surface area contributed by atoms with Crippen molar-refractivity contribution >= 4 is 5.91 Å². The van der Waals surface area contributed by atoms with Crippen LogP contribution < -0.4 is 9.47 Å². The standard InChI is InChI=1S/C21H30N2O4/c1-22-13-17(14-25-2)21(15-22)6-8-23(9-7-21)20(24)16-4-5-18-19(12-16)27-11-3-10-26-18/h4-5,12,17H,3,6-11,13-15H2,1-2H3/t17-/m0/s1. The second-order valence-corrected chi connectivity index (χ2v) is 8.22. The Balaban J connectivity index is 1.44. The first-order chi connectivity index (χ1) is 13.1. The number of hydrogen-bond acceptors (Lipinski definition) is 5. The first kappa shape index (κ1) is 18.6. The third-order valence-corrected chi connectivity index (χ3v) is 6.39. The quantitative estimate of drug-likeness (QED) is 0.812. The van der Waals surface area contributed by atoms with E-state index in [-0.39, 0.29) is 11.3 Å². The number of benzene rings is 1. The summed E-state index contributed by atoms with van der Waals surface area (Å²) in [6.07, 6.45) is 2.95. The lowest BCUT2D eigenvalue weighted by Crippen LogP contribution is -2.47. The molecule has 0 aromatic heterocycles. The Morgan fingerprint density at radius 3 is 2.70 bits per heavy atom. The Labute approximate surface area is 161 Å². The van der Waals surface area contributed by atoms with E-state index in [1.165, 1.54) is 0 Å². The van der Waals surface area contributed by atoms with Gasteiger partial charge in [-0.1, -0.05) is 0 Å². The first-order valence-electron chi connectivity index (χ1n) is 9.98. The van der Waals surface area contributed by atoms with Crippen LogP contribution in [-0.2, 0) is 4.74 Å². The Kier molecular flexibility index (Phi) is 5.28. The first-order valence-corrected chi connectivity index (χ1v) is 9.98. The highest BCUT2D eigenvalue weighted by atomic mass is 16.5. The molecule has 0 saturated carbocycles. The van der Waals surface area contributed by atoms with Gasteiger partial charge in [-0.25, -0.2) is 0 Å². The largest absolute Gasteiger partial charge is 0.490 e. The fourth-order valence-corrected chi connectivity index (χ4v) is 4.93. The van der Waals surface area contributed by atoms with Gasteiger partial charge >= 0.3 is 0 Å². The molecule has 6 heteroatoms. The molecule has 3 aliphatic rings. The molecule has 4 rings (SSSR count). The number of rotatable bonds is 3. The van der Waals surface area contributed by atoms with Crippen LogP contribution in [0.4, 0.5) is 0 Å². The minimum absolute atomic E-state index is 0.0927. The molecular formula is C21H30N2O4. The lowest BCUT2D eigenvalue weighted by molar-refractivity contribution is 0.0325. The topological polar surface area (TPSA) is 51.2 Å². The normalized spacial score (nSPS) is 24.8. The van der Waals surface area contributed by atoms with Gasteiger partial charge in [0, 0.05) is 51.2 Å². The van der Waals surface area contributed by atoms with Gasteiger partial charge in [0.25, 0.3) is 5.91 Å². The number of fused-ring (bicyclic) bond motifs is 1. The molecule has 1 aromatic carbocycles. The predicted octanol–water partition coefficient (Wildman–Crippen LogP) is 2.28. The van der Waals surface area contributed by atoms with Gasteiger partial charge < -0.3 is 24.0 Å². The van der Waals surface area contributed by atoms with Crippen molar-refractivity contribution in [2.24, 2.45) is 11.3 Å². The van der Waals surface area contributed by atoms with E-state index in [0.29, 0.717) is 30.4 Å². The molecule has 0 N–H and O–H groups in total. The molecule has 6 nitrogen and oxygen atoms in total. The number of amides is 1. The van der Waals surface area contributed by atoms with Crippen LogP contribution in [0.25, 0.3) is 0 Å². The smallest absolute Gasteiger partial charge is 0.253 e. The van der Waals surface area contributed by atoms with E-state index in [1.54, 1.807) is 7.11 Å². The molecule has 2 saturated heterocycles. The fourth-order valence-electron chi connectivity index (χ4n) is 4.93. The zero-order chi connectivity index (χ0) is 18.9. The van der Waals surface area contributed by atoms with E-state index in [0.717, 1.165) is 57.8 Å². The van der Waals surface area contributed by atoms with Gasteiger partial charge in [0.1, 0.15) is 0 Å². The number of piperidine rings is 1. The summed E-state index contributed by atoms with van der Waals surface area (Å²) < 4.78 is 16.9. The van der Waals surface area contributed by atoms with Crippen molar-refractivity contribution in [2.75, 3.05) is 60.2 Å². The van der Waals surface area contributed by atoms with E-state index in [9.17, 15) is 4.79 Å². The van der Waals surface area contributed by atoms with Crippen molar-refractivity contribution in [3.63, 3.8) is 0 Å². The number of likely N-dealkylation sites (tertiary alicyclic amines) is 2. The number of carbonyl (C=O) groups excluding carboxylic acids is 1. The van der Waals surface area contributed by atoms with Crippen LogP contribution in [0.5, 0.6) is 11.5 Å². The van der Waals surface area contributed by atoms with E-state index in [4.69, 9.17) is 14.2 Å². The molecule has 3 heterocycles. The van der Waals surface area contributed by atoms with Crippen LogP contribution in [0, 0.1) is 11.3 Å². The average molecular weight is 374 g/mol. The van der Waals surface area contributed by atoms with Crippen LogP contribution >= 0.6 is 0 Å². The highest BCUT2D eigenvalue weighted by Gasteiger charge is 2.47. The summed E-state index contributed by atoms with van der Waals surface area (Å²) in [5, 5.41) is 0. The molecule has 1 atom stereocenters. The third kappa shape index (κ3) is 3.65. The molecule has 0 unspecified atom stereocenters. The Morgan fingerprint density at radius 2 is 1.96 bits per heavy atom. The zero-order valence-electron chi connectivity index (χ0n) is 16.4. The van der Waals surface area contributed by atoms with Crippen molar-refractivity contribution in [3.8, 4) is 11.5 Å². The molecule has 27 heavy (non-hydrogen) atoms. The molecule has 0 bridgehead atoms. The number of ether oxygens (including phenoxy) is 3. The van der Waals surface area contributed by atoms with Crippen molar-refractivity contribution in [3.05, 3.63) is 23.8 Å². The van der Waals surface area contributed by atoms with Crippen molar-refractivity contribution in [1.82, 2.24) is 9.80 Å². The Bertz CT molecular complexity index is 685.